The van der Waals surface area contributed by atoms with Crippen LogP contribution in [0.5, 0.6) is 0 Å². The van der Waals surface area contributed by atoms with Crippen molar-refractivity contribution in [2.45, 2.75) is 78.7 Å². The first-order valence-electron chi connectivity index (χ1n) is 7.60. The summed E-state index contributed by atoms with van der Waals surface area (Å²) in [5.41, 5.74) is 0.381. The minimum Gasteiger partial charge on any atom is -0.392 e. The Balaban J connectivity index is 1.91. The molecule has 0 aromatic heterocycles. The summed E-state index contributed by atoms with van der Waals surface area (Å²) >= 11 is 0. The lowest BCUT2D eigenvalue weighted by atomic mass is 9.65. The highest BCUT2D eigenvalue weighted by Gasteiger charge is 2.62. The fourth-order valence-electron chi connectivity index (χ4n) is 4.82. The van der Waals surface area contributed by atoms with Crippen molar-refractivity contribution < 1.29 is 5.11 Å². The number of aliphatic hydroxyl groups excluding tert-OH is 1. The second kappa shape index (κ2) is 4.57. The van der Waals surface area contributed by atoms with Crippen LogP contribution in [0.3, 0.4) is 0 Å². The molecule has 0 spiro atoms. The standard InChI is InChI=1S/C16H30O/c1-5-6-7-8-9-12-10-16(4)11-13(12)15(2,3)14(16)17/h12-14,17H,5-11H2,1-4H3/t12?,13-,14+,16+/m0/s1. The molecule has 0 amide bonds. The highest BCUT2D eigenvalue weighted by molar-refractivity contribution is 5.11. The van der Waals surface area contributed by atoms with Crippen LogP contribution in [0.15, 0.2) is 0 Å². The summed E-state index contributed by atoms with van der Waals surface area (Å²) in [4.78, 5) is 0. The molecule has 1 unspecified atom stereocenters. The third-order valence-corrected chi connectivity index (χ3v) is 5.73. The zero-order valence-corrected chi connectivity index (χ0v) is 12.1. The molecule has 2 bridgehead atoms. The Bertz CT molecular complexity index is 266. The Morgan fingerprint density at radius 3 is 2.29 bits per heavy atom. The molecule has 1 heteroatoms. The summed E-state index contributed by atoms with van der Waals surface area (Å²) in [5, 5.41) is 10.4. The topological polar surface area (TPSA) is 20.2 Å². The summed E-state index contributed by atoms with van der Waals surface area (Å²) in [5.74, 6) is 1.65. The van der Waals surface area contributed by atoms with Crippen LogP contribution < -0.4 is 0 Å². The molecule has 2 aliphatic carbocycles. The van der Waals surface area contributed by atoms with E-state index in [9.17, 15) is 5.11 Å². The first-order valence-corrected chi connectivity index (χ1v) is 7.60. The zero-order valence-electron chi connectivity index (χ0n) is 12.1. The smallest absolute Gasteiger partial charge is 0.0647 e. The maximum Gasteiger partial charge on any atom is 0.0647 e. The van der Waals surface area contributed by atoms with Gasteiger partial charge in [0.2, 0.25) is 0 Å². The Kier molecular flexibility index (Phi) is 3.60. The number of rotatable bonds is 5. The number of aliphatic hydroxyl groups is 1. The summed E-state index contributed by atoms with van der Waals surface area (Å²) in [6.45, 7) is 9.15. The molecular formula is C16H30O. The van der Waals surface area contributed by atoms with Gasteiger partial charge in [-0.15, -0.1) is 0 Å². The maximum absolute atomic E-state index is 10.4. The van der Waals surface area contributed by atoms with Crippen molar-refractivity contribution in [1.82, 2.24) is 0 Å². The molecule has 4 atom stereocenters. The van der Waals surface area contributed by atoms with E-state index in [1.165, 1.54) is 44.9 Å². The molecule has 0 heterocycles. The molecule has 1 nitrogen and oxygen atoms in total. The SMILES string of the molecule is CCCCCCC1C[C@]2(C)C[C@@H]1C(C)(C)[C@H]2O. The van der Waals surface area contributed by atoms with Crippen LogP contribution >= 0.6 is 0 Å². The largest absolute Gasteiger partial charge is 0.392 e. The van der Waals surface area contributed by atoms with E-state index in [4.69, 9.17) is 0 Å². The number of fused-ring (bicyclic) bond motifs is 2. The Labute approximate surface area is 107 Å². The van der Waals surface area contributed by atoms with Gasteiger partial charge in [-0.2, -0.15) is 0 Å². The fourth-order valence-corrected chi connectivity index (χ4v) is 4.82. The van der Waals surface area contributed by atoms with Crippen LogP contribution in [-0.4, -0.2) is 11.2 Å². The molecule has 17 heavy (non-hydrogen) atoms. The highest BCUT2D eigenvalue weighted by atomic mass is 16.3. The van der Waals surface area contributed by atoms with E-state index in [0.29, 0.717) is 0 Å². The molecule has 0 aromatic carbocycles. The molecule has 0 radical (unpaired) electrons. The first-order chi connectivity index (χ1) is 7.92. The van der Waals surface area contributed by atoms with Gasteiger partial charge in [-0.05, 0) is 35.5 Å². The van der Waals surface area contributed by atoms with E-state index in [1.807, 2.05) is 0 Å². The molecular weight excluding hydrogens is 208 g/mol. The third-order valence-electron chi connectivity index (χ3n) is 5.73. The molecule has 0 saturated heterocycles. The van der Waals surface area contributed by atoms with E-state index in [1.54, 1.807) is 0 Å². The van der Waals surface area contributed by atoms with Crippen molar-refractivity contribution in [3.63, 3.8) is 0 Å². The zero-order chi connectivity index (χ0) is 12.7. The Morgan fingerprint density at radius 1 is 1.06 bits per heavy atom. The van der Waals surface area contributed by atoms with E-state index < -0.39 is 0 Å². The van der Waals surface area contributed by atoms with E-state index in [2.05, 4.69) is 27.7 Å². The quantitative estimate of drug-likeness (QED) is 0.704. The van der Waals surface area contributed by atoms with Gasteiger partial charge in [0.15, 0.2) is 0 Å². The van der Waals surface area contributed by atoms with E-state index in [0.717, 1.165) is 11.8 Å². The minimum absolute atomic E-state index is 0.0770. The summed E-state index contributed by atoms with van der Waals surface area (Å²) in [6.07, 6.45) is 9.38. The van der Waals surface area contributed by atoms with Gasteiger partial charge >= 0.3 is 0 Å². The van der Waals surface area contributed by atoms with Crippen molar-refractivity contribution in [3.05, 3.63) is 0 Å². The molecule has 1 N–H and O–H groups in total. The Morgan fingerprint density at radius 2 is 1.76 bits per heavy atom. The average Bonchev–Trinajstić information content (AvgIpc) is 2.69. The summed E-state index contributed by atoms with van der Waals surface area (Å²) < 4.78 is 0. The normalized spacial score (nSPS) is 43.2. The van der Waals surface area contributed by atoms with Crippen LogP contribution in [-0.2, 0) is 0 Å². The van der Waals surface area contributed by atoms with Gasteiger partial charge in [-0.3, -0.25) is 0 Å². The molecule has 0 aliphatic heterocycles. The van der Waals surface area contributed by atoms with Crippen molar-refractivity contribution >= 4 is 0 Å². The maximum atomic E-state index is 10.4. The lowest BCUT2D eigenvalue weighted by Gasteiger charge is -2.43. The average molecular weight is 238 g/mol. The van der Waals surface area contributed by atoms with Crippen LogP contribution in [0.2, 0.25) is 0 Å². The van der Waals surface area contributed by atoms with Crippen molar-refractivity contribution in [2.75, 3.05) is 0 Å². The van der Waals surface area contributed by atoms with Gasteiger partial charge in [0.1, 0.15) is 0 Å². The lowest BCUT2D eigenvalue weighted by Crippen LogP contribution is -2.43. The molecule has 2 fully saturated rings. The summed E-state index contributed by atoms with van der Waals surface area (Å²) in [6, 6.07) is 0. The van der Waals surface area contributed by atoms with Crippen LogP contribution in [0, 0.1) is 22.7 Å². The first kappa shape index (κ1) is 13.4. The van der Waals surface area contributed by atoms with Crippen molar-refractivity contribution in [3.8, 4) is 0 Å². The second-order valence-corrected chi connectivity index (χ2v) is 7.50. The number of unbranched alkanes of at least 4 members (excludes halogenated alkanes) is 3. The van der Waals surface area contributed by atoms with E-state index >= 15 is 0 Å². The number of hydrogen-bond donors (Lipinski definition) is 1. The molecule has 2 aliphatic rings. The van der Waals surface area contributed by atoms with Crippen LogP contribution in [0.25, 0.3) is 0 Å². The highest BCUT2D eigenvalue weighted by Crippen LogP contribution is 2.65. The van der Waals surface area contributed by atoms with Gasteiger partial charge < -0.3 is 5.11 Å². The van der Waals surface area contributed by atoms with Gasteiger partial charge in [-0.25, -0.2) is 0 Å². The molecule has 2 saturated carbocycles. The van der Waals surface area contributed by atoms with Gasteiger partial charge in [0.25, 0.3) is 0 Å². The third kappa shape index (κ3) is 2.16. The molecule has 0 aromatic rings. The lowest BCUT2D eigenvalue weighted by molar-refractivity contribution is -0.0546. The monoisotopic (exact) mass is 238 g/mol. The summed E-state index contributed by atoms with van der Waals surface area (Å²) in [7, 11) is 0. The predicted octanol–water partition coefficient (Wildman–Crippen LogP) is 4.39. The molecule has 2 rings (SSSR count). The van der Waals surface area contributed by atoms with Gasteiger partial charge in [-0.1, -0.05) is 59.8 Å². The fraction of sp³-hybridized carbons (Fsp3) is 1.00. The van der Waals surface area contributed by atoms with Crippen LogP contribution in [0.1, 0.15) is 72.6 Å². The minimum atomic E-state index is -0.0770. The second-order valence-electron chi connectivity index (χ2n) is 7.50. The number of hydrogen-bond acceptors (Lipinski definition) is 1. The van der Waals surface area contributed by atoms with Crippen molar-refractivity contribution in [1.29, 1.82) is 0 Å². The molecule has 100 valence electrons. The Hall–Kier alpha value is -0.0400. The van der Waals surface area contributed by atoms with Crippen molar-refractivity contribution in [2.24, 2.45) is 22.7 Å². The van der Waals surface area contributed by atoms with Gasteiger partial charge in [0, 0.05) is 0 Å². The van der Waals surface area contributed by atoms with Crippen LogP contribution in [0.4, 0.5) is 0 Å². The predicted molar refractivity (Wildman–Crippen MR) is 72.9 cm³/mol. The van der Waals surface area contributed by atoms with Gasteiger partial charge in [0.05, 0.1) is 6.10 Å². The van der Waals surface area contributed by atoms with E-state index in [-0.39, 0.29) is 16.9 Å².